The number of carbonyl (C=O) groups is 2. The summed E-state index contributed by atoms with van der Waals surface area (Å²) in [4.78, 5) is 32.6. The largest absolute Gasteiger partial charge is 0.361 e. The van der Waals surface area contributed by atoms with E-state index in [2.05, 4.69) is 57.0 Å². The van der Waals surface area contributed by atoms with Gasteiger partial charge in [0, 0.05) is 48.5 Å². The van der Waals surface area contributed by atoms with Gasteiger partial charge in [-0.1, -0.05) is 43.5 Å². The van der Waals surface area contributed by atoms with Gasteiger partial charge in [-0.25, -0.2) is 0 Å². The zero-order chi connectivity index (χ0) is 25.2. The first-order valence-electron chi connectivity index (χ1n) is 14.1. The Morgan fingerprint density at radius 2 is 1.68 bits per heavy atom. The molecule has 3 aliphatic rings. The molecule has 6 nitrogen and oxygen atoms in total. The number of likely N-dealkylation sites (tertiary alicyclic amines) is 1. The summed E-state index contributed by atoms with van der Waals surface area (Å²) >= 11 is 0. The fraction of sp³-hybridized carbons (Fsp3) is 0.484. The summed E-state index contributed by atoms with van der Waals surface area (Å²) in [6.45, 7) is 2.06. The Hall–Kier alpha value is -3.12. The van der Waals surface area contributed by atoms with E-state index in [1.165, 1.54) is 47.8 Å². The Morgan fingerprint density at radius 3 is 2.54 bits per heavy atom. The number of nitrogens with one attached hydrogen (secondary N) is 3. The molecular weight excluding hydrogens is 460 g/mol. The Kier molecular flexibility index (Phi) is 7.01. The number of anilines is 1. The number of aryl methyl sites for hydroxylation is 2. The number of aromatic nitrogens is 1. The molecule has 0 bridgehead atoms. The zero-order valence-corrected chi connectivity index (χ0v) is 21.6. The van der Waals surface area contributed by atoms with E-state index in [0.717, 1.165) is 43.4 Å². The lowest BCUT2D eigenvalue weighted by atomic mass is 9.86. The first-order valence-corrected chi connectivity index (χ1v) is 14.1. The van der Waals surface area contributed by atoms with Crippen molar-refractivity contribution in [3.63, 3.8) is 0 Å². The topological polar surface area (TPSA) is 77.2 Å². The molecule has 2 aromatic carbocycles. The highest BCUT2D eigenvalue weighted by atomic mass is 16.2. The number of hydrogen-bond acceptors (Lipinski definition) is 3. The van der Waals surface area contributed by atoms with Crippen LogP contribution in [0.3, 0.4) is 0 Å². The molecule has 0 radical (unpaired) electrons. The molecule has 0 spiro atoms. The van der Waals surface area contributed by atoms with Gasteiger partial charge in [-0.15, -0.1) is 0 Å². The third-order valence-corrected chi connectivity index (χ3v) is 8.65. The number of benzene rings is 2. The van der Waals surface area contributed by atoms with Crippen LogP contribution < -0.4 is 10.6 Å². The average Bonchev–Trinajstić information content (AvgIpc) is 3.56. The number of H-pyrrole nitrogens is 1. The number of piperidine rings is 1. The van der Waals surface area contributed by atoms with Crippen molar-refractivity contribution in [2.45, 2.75) is 70.4 Å². The van der Waals surface area contributed by atoms with Gasteiger partial charge in [-0.05, 0) is 73.4 Å². The van der Waals surface area contributed by atoms with Gasteiger partial charge < -0.3 is 15.6 Å². The first kappa shape index (κ1) is 24.2. The summed E-state index contributed by atoms with van der Waals surface area (Å²) in [5.74, 6) is -0.270. The molecule has 2 heterocycles. The summed E-state index contributed by atoms with van der Waals surface area (Å²) in [6, 6.07) is 14.9. The molecule has 3 aromatic rings. The molecule has 2 amide bonds. The Balaban J connectivity index is 1.19. The predicted molar refractivity (Wildman–Crippen MR) is 147 cm³/mol. The van der Waals surface area contributed by atoms with E-state index in [1.807, 2.05) is 12.1 Å². The van der Waals surface area contributed by atoms with Crippen LogP contribution in [0.5, 0.6) is 0 Å². The van der Waals surface area contributed by atoms with E-state index in [9.17, 15) is 9.59 Å². The lowest BCUT2D eigenvalue weighted by Gasteiger charge is -2.37. The molecule has 1 saturated carbocycles. The Bertz CT molecular complexity index is 1280. The van der Waals surface area contributed by atoms with Crippen LogP contribution in [0, 0.1) is 11.8 Å². The van der Waals surface area contributed by atoms with Gasteiger partial charge in [-0.3, -0.25) is 14.5 Å². The van der Waals surface area contributed by atoms with Gasteiger partial charge in [0.1, 0.15) is 0 Å². The summed E-state index contributed by atoms with van der Waals surface area (Å²) < 4.78 is 0. The molecule has 0 unspecified atom stereocenters. The molecular formula is C31H38N4O2. The molecule has 3 N–H and O–H groups in total. The number of para-hydroxylation sites is 1. The van der Waals surface area contributed by atoms with Gasteiger partial charge in [0.15, 0.2) is 0 Å². The van der Waals surface area contributed by atoms with Crippen molar-refractivity contribution in [2.75, 3.05) is 18.4 Å². The van der Waals surface area contributed by atoms with Crippen LogP contribution in [0.15, 0.2) is 48.7 Å². The van der Waals surface area contributed by atoms with E-state index in [0.29, 0.717) is 19.5 Å². The number of fused-ring (bicyclic) bond motifs is 2. The van der Waals surface area contributed by atoms with Crippen LogP contribution in [0.4, 0.5) is 5.69 Å². The maximum atomic E-state index is 13.5. The molecule has 2 atom stereocenters. The fourth-order valence-corrected chi connectivity index (χ4v) is 6.66. The average molecular weight is 499 g/mol. The van der Waals surface area contributed by atoms with Crippen molar-refractivity contribution in [3.8, 4) is 0 Å². The molecule has 194 valence electrons. The second-order valence-electron chi connectivity index (χ2n) is 11.4. The van der Waals surface area contributed by atoms with Crippen LogP contribution in [0.2, 0.25) is 0 Å². The third-order valence-electron chi connectivity index (χ3n) is 8.65. The summed E-state index contributed by atoms with van der Waals surface area (Å²) in [5, 5.41) is 7.72. The number of amides is 2. The highest BCUT2D eigenvalue weighted by molar-refractivity contribution is 5.93. The number of hydrogen-bond donors (Lipinski definition) is 3. The molecule has 1 aromatic heterocycles. The Labute approximate surface area is 219 Å². The molecule has 37 heavy (non-hydrogen) atoms. The highest BCUT2D eigenvalue weighted by Crippen LogP contribution is 2.29. The summed E-state index contributed by atoms with van der Waals surface area (Å²) in [7, 11) is 0. The van der Waals surface area contributed by atoms with Crippen LogP contribution in [0.1, 0.15) is 61.6 Å². The second kappa shape index (κ2) is 10.7. The van der Waals surface area contributed by atoms with Crippen molar-refractivity contribution >= 4 is 28.4 Å². The Morgan fingerprint density at radius 1 is 0.892 bits per heavy atom. The lowest BCUT2D eigenvalue weighted by Crippen LogP contribution is -2.50. The predicted octanol–water partition coefficient (Wildman–Crippen LogP) is 5.18. The molecule has 6 heteroatoms. The summed E-state index contributed by atoms with van der Waals surface area (Å²) in [5.41, 5.74) is 5.96. The van der Waals surface area contributed by atoms with Gasteiger partial charge >= 0.3 is 0 Å². The zero-order valence-electron chi connectivity index (χ0n) is 21.6. The van der Waals surface area contributed by atoms with Crippen molar-refractivity contribution in [1.29, 1.82) is 0 Å². The third kappa shape index (κ3) is 5.45. The minimum atomic E-state index is -0.227. The number of rotatable bonds is 6. The lowest BCUT2D eigenvalue weighted by molar-refractivity contribution is -0.130. The normalized spacial score (nSPS) is 22.6. The minimum absolute atomic E-state index is 0.0250. The second-order valence-corrected chi connectivity index (χ2v) is 11.4. The van der Waals surface area contributed by atoms with E-state index in [1.54, 1.807) is 0 Å². The summed E-state index contributed by atoms with van der Waals surface area (Å²) in [6.07, 6.45) is 11.9. The quantitative estimate of drug-likeness (QED) is 0.438. The standard InChI is InChI=1S/C31H38N4O2/c36-30(33-26-9-2-1-3-10-26)23-15-24(31(37)34-27-14-13-21-7-6-8-22(21)16-27)19-35(18-23)20-25-17-32-29-12-5-4-11-28(25)29/h4-5,11-14,16-17,23-24,26,32H,1-3,6-10,15,18-20H2,(H,33,36)(H,34,37)/t23-,24+/m0/s1. The van der Waals surface area contributed by atoms with Crippen LogP contribution in [-0.2, 0) is 29.0 Å². The number of carbonyl (C=O) groups excluding carboxylic acids is 2. The minimum Gasteiger partial charge on any atom is -0.361 e. The molecule has 1 saturated heterocycles. The van der Waals surface area contributed by atoms with E-state index >= 15 is 0 Å². The van der Waals surface area contributed by atoms with Crippen LogP contribution in [-0.4, -0.2) is 40.8 Å². The molecule has 2 fully saturated rings. The fourth-order valence-electron chi connectivity index (χ4n) is 6.66. The van der Waals surface area contributed by atoms with E-state index < -0.39 is 0 Å². The van der Waals surface area contributed by atoms with Crippen molar-refractivity contribution in [3.05, 3.63) is 65.4 Å². The highest BCUT2D eigenvalue weighted by Gasteiger charge is 2.36. The molecule has 2 aliphatic carbocycles. The maximum Gasteiger partial charge on any atom is 0.228 e. The van der Waals surface area contributed by atoms with Gasteiger partial charge in [0.25, 0.3) is 0 Å². The van der Waals surface area contributed by atoms with Crippen molar-refractivity contribution < 1.29 is 9.59 Å². The monoisotopic (exact) mass is 498 g/mol. The number of aromatic amines is 1. The molecule has 6 rings (SSSR count). The van der Waals surface area contributed by atoms with Gasteiger partial charge in [0.05, 0.1) is 11.8 Å². The van der Waals surface area contributed by atoms with E-state index in [-0.39, 0.29) is 29.7 Å². The van der Waals surface area contributed by atoms with Gasteiger partial charge in [0.2, 0.25) is 11.8 Å². The van der Waals surface area contributed by atoms with Crippen LogP contribution in [0.25, 0.3) is 10.9 Å². The van der Waals surface area contributed by atoms with Crippen molar-refractivity contribution in [2.24, 2.45) is 11.8 Å². The SMILES string of the molecule is O=C(Nc1ccc2c(c1)CCC2)[C@@H]1C[C@H](C(=O)NC2CCCCC2)CN(Cc2c[nH]c3ccccc23)C1. The maximum absolute atomic E-state index is 13.5. The van der Waals surface area contributed by atoms with Gasteiger partial charge in [-0.2, -0.15) is 0 Å². The molecule has 1 aliphatic heterocycles. The first-order chi connectivity index (χ1) is 18.1. The number of nitrogens with zero attached hydrogens (tertiary/aromatic N) is 1. The smallest absolute Gasteiger partial charge is 0.228 e. The van der Waals surface area contributed by atoms with E-state index in [4.69, 9.17) is 0 Å². The van der Waals surface area contributed by atoms with Crippen LogP contribution >= 0.6 is 0 Å². The van der Waals surface area contributed by atoms with Crippen molar-refractivity contribution in [1.82, 2.24) is 15.2 Å².